The van der Waals surface area contributed by atoms with Gasteiger partial charge in [-0.05, 0) is 31.2 Å². The molecule has 0 aliphatic carbocycles. The lowest BCUT2D eigenvalue weighted by atomic mass is 10.1. The molecular weight excluding hydrogens is 246 g/mol. The number of benzene rings is 1. The summed E-state index contributed by atoms with van der Waals surface area (Å²) in [5.74, 6) is -0.166. The first-order valence-electron chi connectivity index (χ1n) is 5.82. The number of rotatable bonds is 4. The van der Waals surface area contributed by atoms with Crippen molar-refractivity contribution in [3.8, 4) is 5.75 Å². The second-order valence-electron chi connectivity index (χ2n) is 4.38. The monoisotopic (exact) mass is 261 g/mol. The van der Waals surface area contributed by atoms with Crippen LogP contribution in [0.2, 0.25) is 0 Å². The smallest absolute Gasteiger partial charge is 0.341 e. The molecule has 0 aliphatic rings. The maximum atomic E-state index is 11.4. The summed E-state index contributed by atoms with van der Waals surface area (Å²) in [5.41, 5.74) is -0.892. The van der Waals surface area contributed by atoms with E-state index in [9.17, 15) is 9.90 Å². The van der Waals surface area contributed by atoms with Gasteiger partial charge in [0.15, 0.2) is 5.60 Å². The highest BCUT2D eigenvalue weighted by molar-refractivity contribution is 5.85. The van der Waals surface area contributed by atoms with Gasteiger partial charge in [-0.25, -0.2) is 4.79 Å². The van der Waals surface area contributed by atoms with E-state index in [-0.39, 0.29) is 6.61 Å². The van der Waals surface area contributed by atoms with Gasteiger partial charge < -0.3 is 14.6 Å². The zero-order valence-electron chi connectivity index (χ0n) is 10.8. The Hall–Kier alpha value is -2.14. The molecule has 19 heavy (non-hydrogen) atoms. The number of hydrogen-bond donors (Lipinski definition) is 1. The average molecular weight is 261 g/mol. The number of fused-ring (bicyclic) bond motifs is 1. The van der Waals surface area contributed by atoms with Crippen molar-refractivity contribution in [2.45, 2.75) is 12.5 Å². The van der Waals surface area contributed by atoms with Gasteiger partial charge in [-0.15, -0.1) is 0 Å². The lowest BCUT2D eigenvalue weighted by Crippen LogP contribution is -2.42. The van der Waals surface area contributed by atoms with Gasteiger partial charge in [-0.3, -0.25) is 4.98 Å². The Morgan fingerprint density at radius 1 is 1.37 bits per heavy atom. The third-order valence-corrected chi connectivity index (χ3v) is 2.74. The summed E-state index contributed by atoms with van der Waals surface area (Å²) in [6.45, 7) is 1.16. The van der Waals surface area contributed by atoms with Gasteiger partial charge >= 0.3 is 5.97 Å². The van der Waals surface area contributed by atoms with E-state index >= 15 is 0 Å². The standard InChI is InChI=1S/C14H15NO4/c1-14(17,13(16)18-2)9-19-12-7-3-6-11-10(12)5-4-8-15-11/h3-8,17H,9H2,1-2H3. The Morgan fingerprint density at radius 2 is 2.16 bits per heavy atom. The third kappa shape index (κ3) is 2.82. The first kappa shape index (κ1) is 13.3. The lowest BCUT2D eigenvalue weighted by molar-refractivity contribution is -0.163. The summed E-state index contributed by atoms with van der Waals surface area (Å²) in [6, 6.07) is 9.09. The van der Waals surface area contributed by atoms with Crippen LogP contribution in [-0.2, 0) is 9.53 Å². The molecule has 1 aromatic heterocycles. The number of methoxy groups -OCH3 is 1. The summed E-state index contributed by atoms with van der Waals surface area (Å²) in [6.07, 6.45) is 1.69. The van der Waals surface area contributed by atoms with Gasteiger partial charge in [-0.2, -0.15) is 0 Å². The third-order valence-electron chi connectivity index (χ3n) is 2.74. The second kappa shape index (κ2) is 5.24. The van der Waals surface area contributed by atoms with Crippen LogP contribution in [0.3, 0.4) is 0 Å². The molecule has 0 bridgehead atoms. The predicted octanol–water partition coefficient (Wildman–Crippen LogP) is 1.54. The molecule has 0 saturated carbocycles. The van der Waals surface area contributed by atoms with E-state index in [1.165, 1.54) is 14.0 Å². The largest absolute Gasteiger partial charge is 0.489 e. The van der Waals surface area contributed by atoms with E-state index in [1.807, 2.05) is 12.1 Å². The van der Waals surface area contributed by atoms with E-state index in [2.05, 4.69) is 9.72 Å². The maximum absolute atomic E-state index is 11.4. The zero-order chi connectivity index (χ0) is 13.9. The molecule has 0 saturated heterocycles. The van der Waals surface area contributed by atoms with Crippen LogP contribution in [0, 0.1) is 0 Å². The minimum absolute atomic E-state index is 0.187. The fourth-order valence-corrected chi connectivity index (χ4v) is 1.70. The number of aromatic nitrogens is 1. The predicted molar refractivity (Wildman–Crippen MR) is 69.9 cm³/mol. The number of nitrogens with zero attached hydrogens (tertiary/aromatic N) is 1. The molecule has 2 rings (SSSR count). The van der Waals surface area contributed by atoms with Crippen molar-refractivity contribution in [2.75, 3.05) is 13.7 Å². The van der Waals surface area contributed by atoms with Crippen LogP contribution in [0.1, 0.15) is 6.92 Å². The quantitative estimate of drug-likeness (QED) is 0.845. The van der Waals surface area contributed by atoms with Crippen LogP contribution in [0.15, 0.2) is 36.5 Å². The number of pyridine rings is 1. The average Bonchev–Trinajstić information content (AvgIpc) is 2.44. The molecule has 0 radical (unpaired) electrons. The summed E-state index contributed by atoms with van der Waals surface area (Å²) in [5, 5.41) is 10.7. The van der Waals surface area contributed by atoms with Crippen molar-refractivity contribution >= 4 is 16.9 Å². The molecule has 5 heteroatoms. The molecule has 2 aromatic rings. The van der Waals surface area contributed by atoms with Crippen molar-refractivity contribution in [3.63, 3.8) is 0 Å². The van der Waals surface area contributed by atoms with Crippen LogP contribution in [0.25, 0.3) is 10.9 Å². The van der Waals surface area contributed by atoms with E-state index in [0.29, 0.717) is 5.75 Å². The Bertz CT molecular complexity index is 590. The Morgan fingerprint density at radius 3 is 2.89 bits per heavy atom. The topological polar surface area (TPSA) is 68.7 Å². The molecule has 1 atom stereocenters. The number of hydrogen-bond acceptors (Lipinski definition) is 5. The molecule has 0 aliphatic heterocycles. The minimum Gasteiger partial charge on any atom is -0.489 e. The van der Waals surface area contributed by atoms with E-state index in [4.69, 9.17) is 4.74 Å². The first-order chi connectivity index (χ1) is 9.04. The molecule has 0 fully saturated rings. The maximum Gasteiger partial charge on any atom is 0.341 e. The van der Waals surface area contributed by atoms with Crippen LogP contribution >= 0.6 is 0 Å². The fourth-order valence-electron chi connectivity index (χ4n) is 1.70. The summed E-state index contributed by atoms with van der Waals surface area (Å²) in [4.78, 5) is 15.6. The van der Waals surface area contributed by atoms with Gasteiger partial charge in [0, 0.05) is 11.6 Å². The number of carbonyl (C=O) groups excluding carboxylic acids is 1. The summed E-state index contributed by atoms with van der Waals surface area (Å²) < 4.78 is 10.0. The molecule has 0 spiro atoms. The lowest BCUT2D eigenvalue weighted by Gasteiger charge is -2.20. The van der Waals surface area contributed by atoms with Gasteiger partial charge in [-0.1, -0.05) is 6.07 Å². The van der Waals surface area contributed by atoms with Crippen molar-refractivity contribution in [3.05, 3.63) is 36.5 Å². The SMILES string of the molecule is COC(=O)C(C)(O)COc1cccc2ncccc12. The number of aliphatic hydroxyl groups is 1. The first-order valence-corrected chi connectivity index (χ1v) is 5.82. The minimum atomic E-state index is -1.68. The molecule has 5 nitrogen and oxygen atoms in total. The summed E-state index contributed by atoms with van der Waals surface area (Å²) in [7, 11) is 1.22. The molecule has 1 unspecified atom stereocenters. The van der Waals surface area contributed by atoms with Crippen molar-refractivity contribution < 1.29 is 19.4 Å². The van der Waals surface area contributed by atoms with Crippen LogP contribution in [-0.4, -0.2) is 35.4 Å². The van der Waals surface area contributed by atoms with E-state index < -0.39 is 11.6 Å². The number of esters is 1. The highest BCUT2D eigenvalue weighted by atomic mass is 16.6. The van der Waals surface area contributed by atoms with Crippen molar-refractivity contribution in [2.24, 2.45) is 0 Å². The van der Waals surface area contributed by atoms with Crippen molar-refractivity contribution in [1.82, 2.24) is 4.98 Å². The van der Waals surface area contributed by atoms with Gasteiger partial charge in [0.2, 0.25) is 0 Å². The molecular formula is C14H15NO4. The van der Waals surface area contributed by atoms with Crippen LogP contribution in [0.5, 0.6) is 5.75 Å². The summed E-state index contributed by atoms with van der Waals surface area (Å²) >= 11 is 0. The van der Waals surface area contributed by atoms with Crippen LogP contribution in [0.4, 0.5) is 0 Å². The van der Waals surface area contributed by atoms with Gasteiger partial charge in [0.1, 0.15) is 12.4 Å². The normalized spacial score (nSPS) is 13.8. The fraction of sp³-hybridized carbons (Fsp3) is 0.286. The Balaban J connectivity index is 2.21. The van der Waals surface area contributed by atoms with Gasteiger partial charge in [0.05, 0.1) is 12.6 Å². The molecule has 100 valence electrons. The number of carbonyl (C=O) groups is 1. The molecule has 0 amide bonds. The molecule has 1 aromatic carbocycles. The van der Waals surface area contributed by atoms with Crippen molar-refractivity contribution in [1.29, 1.82) is 0 Å². The highest BCUT2D eigenvalue weighted by Gasteiger charge is 2.32. The second-order valence-corrected chi connectivity index (χ2v) is 4.38. The molecule has 1 heterocycles. The highest BCUT2D eigenvalue weighted by Crippen LogP contribution is 2.24. The zero-order valence-corrected chi connectivity index (χ0v) is 10.8. The van der Waals surface area contributed by atoms with E-state index in [1.54, 1.807) is 24.4 Å². The van der Waals surface area contributed by atoms with Gasteiger partial charge in [0.25, 0.3) is 0 Å². The van der Waals surface area contributed by atoms with E-state index in [0.717, 1.165) is 10.9 Å². The van der Waals surface area contributed by atoms with Crippen LogP contribution < -0.4 is 4.74 Å². The Kier molecular flexibility index (Phi) is 3.66. The molecule has 1 N–H and O–H groups in total. The number of ether oxygens (including phenoxy) is 2. The Labute approximate surface area is 110 Å².